The molecule has 2 aromatic rings. The molecule has 0 bridgehead atoms. The summed E-state index contributed by atoms with van der Waals surface area (Å²) in [5.74, 6) is -0.346. The lowest BCUT2D eigenvalue weighted by atomic mass is 9.44. The van der Waals surface area contributed by atoms with Gasteiger partial charge in [0.05, 0.1) is 24.2 Å². The summed E-state index contributed by atoms with van der Waals surface area (Å²) in [5.41, 5.74) is -1.90. The highest BCUT2D eigenvalue weighted by molar-refractivity contribution is 5.65. The molecule has 3 atom stereocenters. The molecule has 4 rings (SSSR count). The van der Waals surface area contributed by atoms with E-state index in [0.29, 0.717) is 6.42 Å². The predicted octanol–water partition coefficient (Wildman–Crippen LogP) is 3.61. The van der Waals surface area contributed by atoms with Gasteiger partial charge in [-0.05, 0) is 42.7 Å². The Morgan fingerprint density at radius 1 is 1.28 bits per heavy atom. The largest absolute Gasteiger partial charge is 0.465 e. The van der Waals surface area contributed by atoms with Crippen molar-refractivity contribution in [1.82, 2.24) is 14.5 Å². The molecule has 1 aliphatic carbocycles. The maximum Gasteiger partial charge on any atom is 0.407 e. The molecular formula is C24H30FN3O4. The Labute approximate surface area is 186 Å². The molecule has 1 amide bonds. The van der Waals surface area contributed by atoms with Gasteiger partial charge in [-0.15, -0.1) is 0 Å². The zero-order chi connectivity index (χ0) is 23.3. The van der Waals surface area contributed by atoms with Crippen molar-refractivity contribution in [3.63, 3.8) is 0 Å². The summed E-state index contributed by atoms with van der Waals surface area (Å²) in [4.78, 5) is 30.3. The zero-order valence-corrected chi connectivity index (χ0v) is 18.7. The Morgan fingerprint density at radius 3 is 2.56 bits per heavy atom. The van der Waals surface area contributed by atoms with Gasteiger partial charge in [-0.2, -0.15) is 0 Å². The molecule has 8 heteroatoms. The number of nitrogens with zero attached hydrogens (tertiary/aromatic N) is 3. The first-order chi connectivity index (χ1) is 15.0. The maximum atomic E-state index is 14.1. The Kier molecular flexibility index (Phi) is 5.40. The van der Waals surface area contributed by atoms with E-state index in [1.165, 1.54) is 27.9 Å². The van der Waals surface area contributed by atoms with E-state index in [4.69, 9.17) is 0 Å². The molecule has 7 nitrogen and oxygen atoms in total. The lowest BCUT2D eigenvalue weighted by Crippen LogP contribution is -2.70. The van der Waals surface area contributed by atoms with Crippen LogP contribution in [0.4, 0.5) is 9.18 Å². The van der Waals surface area contributed by atoms with Gasteiger partial charge in [-0.1, -0.05) is 32.9 Å². The van der Waals surface area contributed by atoms with Crippen molar-refractivity contribution in [3.05, 3.63) is 52.8 Å². The van der Waals surface area contributed by atoms with Crippen LogP contribution in [-0.2, 0) is 6.54 Å². The van der Waals surface area contributed by atoms with Crippen LogP contribution in [0.2, 0.25) is 0 Å². The normalized spacial score (nSPS) is 27.9. The number of hydrogen-bond acceptors (Lipinski definition) is 4. The van der Waals surface area contributed by atoms with Crippen LogP contribution in [0.15, 0.2) is 41.5 Å². The summed E-state index contributed by atoms with van der Waals surface area (Å²) in [7, 11) is 0. The quantitative estimate of drug-likeness (QED) is 0.756. The van der Waals surface area contributed by atoms with Gasteiger partial charge in [-0.3, -0.25) is 9.36 Å². The molecule has 32 heavy (non-hydrogen) atoms. The van der Waals surface area contributed by atoms with Crippen LogP contribution in [-0.4, -0.2) is 49.4 Å². The molecule has 1 spiro atoms. The smallest absolute Gasteiger partial charge is 0.407 e. The van der Waals surface area contributed by atoms with Crippen LogP contribution in [0.1, 0.15) is 40.0 Å². The molecule has 1 aromatic heterocycles. The fourth-order valence-electron chi connectivity index (χ4n) is 5.82. The van der Waals surface area contributed by atoms with E-state index in [1.807, 2.05) is 0 Å². The predicted molar refractivity (Wildman–Crippen MR) is 118 cm³/mol. The second kappa shape index (κ2) is 7.69. The fraction of sp³-hybridized carbons (Fsp3) is 0.542. The zero-order valence-electron chi connectivity index (χ0n) is 18.7. The number of carboxylic acid groups (broad SMARTS) is 1. The SMILES string of the molecule is CC(C)(C)[C@@H]1CCC12CN(C(=O)O)CCC2(O)Cn1cnc(-c2ccccc2F)cc1=O. The van der Waals surface area contributed by atoms with Crippen LogP contribution in [0.3, 0.4) is 0 Å². The molecule has 2 aliphatic rings. The van der Waals surface area contributed by atoms with E-state index in [9.17, 15) is 24.2 Å². The number of amides is 1. The summed E-state index contributed by atoms with van der Waals surface area (Å²) in [6.45, 7) is 6.80. The van der Waals surface area contributed by atoms with Crippen molar-refractivity contribution in [2.24, 2.45) is 16.7 Å². The molecule has 0 radical (unpaired) electrons. The third-order valence-corrected chi connectivity index (χ3v) is 7.52. The minimum atomic E-state index is -1.25. The number of aromatic nitrogens is 2. The first-order valence-corrected chi connectivity index (χ1v) is 11.0. The molecular weight excluding hydrogens is 413 g/mol. The second-order valence-corrected chi connectivity index (χ2v) is 10.3. The Balaban J connectivity index is 1.68. The van der Waals surface area contributed by atoms with E-state index >= 15 is 0 Å². The van der Waals surface area contributed by atoms with E-state index in [2.05, 4.69) is 25.8 Å². The molecule has 1 saturated carbocycles. The van der Waals surface area contributed by atoms with Gasteiger partial charge >= 0.3 is 6.09 Å². The monoisotopic (exact) mass is 443 g/mol. The second-order valence-electron chi connectivity index (χ2n) is 10.3. The van der Waals surface area contributed by atoms with Crippen LogP contribution in [0.5, 0.6) is 0 Å². The molecule has 2 N–H and O–H groups in total. The summed E-state index contributed by atoms with van der Waals surface area (Å²) in [6.07, 6.45) is 2.21. The van der Waals surface area contributed by atoms with Crippen LogP contribution < -0.4 is 5.56 Å². The van der Waals surface area contributed by atoms with E-state index in [-0.39, 0.29) is 54.2 Å². The highest BCUT2D eigenvalue weighted by atomic mass is 19.1. The van der Waals surface area contributed by atoms with Crippen molar-refractivity contribution in [1.29, 1.82) is 0 Å². The minimum absolute atomic E-state index is 0.0242. The van der Waals surface area contributed by atoms with Crippen molar-refractivity contribution in [2.75, 3.05) is 13.1 Å². The number of piperidine rings is 1. The molecule has 172 valence electrons. The van der Waals surface area contributed by atoms with Gasteiger partial charge in [0.15, 0.2) is 0 Å². The number of rotatable bonds is 3. The third kappa shape index (κ3) is 3.60. The summed E-state index contributed by atoms with van der Waals surface area (Å²) >= 11 is 0. The average molecular weight is 444 g/mol. The summed E-state index contributed by atoms with van der Waals surface area (Å²) < 4.78 is 15.5. The first-order valence-electron chi connectivity index (χ1n) is 11.0. The average Bonchev–Trinajstić information content (AvgIpc) is 2.68. The first kappa shape index (κ1) is 22.5. The third-order valence-electron chi connectivity index (χ3n) is 7.52. The number of hydrogen-bond donors (Lipinski definition) is 2. The summed E-state index contributed by atoms with van der Waals surface area (Å²) in [6, 6.07) is 7.41. The Morgan fingerprint density at radius 2 is 2.00 bits per heavy atom. The van der Waals surface area contributed by atoms with Crippen LogP contribution in [0.25, 0.3) is 11.3 Å². The van der Waals surface area contributed by atoms with Gasteiger partial charge in [0.1, 0.15) is 5.82 Å². The van der Waals surface area contributed by atoms with Gasteiger partial charge < -0.3 is 15.1 Å². The van der Waals surface area contributed by atoms with Crippen LogP contribution >= 0.6 is 0 Å². The lowest BCUT2D eigenvalue weighted by Gasteiger charge is -2.65. The van der Waals surface area contributed by atoms with Gasteiger partial charge in [-0.25, -0.2) is 14.2 Å². The Hall–Kier alpha value is -2.74. The Bertz CT molecular complexity index is 1100. The van der Waals surface area contributed by atoms with E-state index < -0.39 is 22.9 Å². The molecule has 1 aliphatic heterocycles. The van der Waals surface area contributed by atoms with Crippen molar-refractivity contribution in [3.8, 4) is 11.3 Å². The highest BCUT2D eigenvalue weighted by Crippen LogP contribution is 2.62. The lowest BCUT2D eigenvalue weighted by molar-refractivity contribution is -0.229. The van der Waals surface area contributed by atoms with E-state index in [0.717, 1.165) is 6.42 Å². The van der Waals surface area contributed by atoms with Gasteiger partial charge in [0.25, 0.3) is 5.56 Å². The number of aliphatic hydroxyl groups is 1. The summed E-state index contributed by atoms with van der Waals surface area (Å²) in [5, 5.41) is 21.5. The highest BCUT2D eigenvalue weighted by Gasteiger charge is 2.65. The molecule has 2 fully saturated rings. The number of halogens is 1. The molecule has 1 saturated heterocycles. The molecule has 1 aromatic carbocycles. The van der Waals surface area contributed by atoms with Crippen molar-refractivity contribution in [2.45, 2.75) is 52.2 Å². The topological polar surface area (TPSA) is 95.7 Å². The van der Waals surface area contributed by atoms with Crippen molar-refractivity contribution >= 4 is 6.09 Å². The standard InChI is InChI=1S/C24H30FN3O4/c1-22(2,3)19-8-9-23(19)13-27(21(30)31)11-10-24(23,32)14-28-15-26-18(12-20(28)29)16-6-4-5-7-17(16)25/h4-7,12,15,19,32H,8-11,13-14H2,1-3H3,(H,30,31)/t19-,23?,24?/m0/s1. The van der Waals surface area contributed by atoms with E-state index in [1.54, 1.807) is 18.2 Å². The van der Waals surface area contributed by atoms with Gasteiger partial charge in [0, 0.05) is 30.1 Å². The number of likely N-dealkylation sites (tertiary alicyclic amines) is 1. The fourth-order valence-corrected chi connectivity index (χ4v) is 5.82. The van der Waals surface area contributed by atoms with Crippen LogP contribution in [0, 0.1) is 22.6 Å². The van der Waals surface area contributed by atoms with Crippen molar-refractivity contribution < 1.29 is 19.4 Å². The maximum absolute atomic E-state index is 14.1. The molecule has 2 heterocycles. The minimum Gasteiger partial charge on any atom is -0.465 e. The number of carbonyl (C=O) groups is 1. The molecule has 2 unspecified atom stereocenters. The number of benzene rings is 1. The van der Waals surface area contributed by atoms with Gasteiger partial charge in [0.2, 0.25) is 0 Å².